The summed E-state index contributed by atoms with van der Waals surface area (Å²) in [6.07, 6.45) is 22.8. The third-order valence-corrected chi connectivity index (χ3v) is 7.73. The first kappa shape index (κ1) is 35.1. The summed E-state index contributed by atoms with van der Waals surface area (Å²) in [4.78, 5) is 11.7. The maximum absolute atomic E-state index is 11.7. The molecule has 1 aromatic rings. The zero-order valence-corrected chi connectivity index (χ0v) is 25.9. The van der Waals surface area contributed by atoms with E-state index in [9.17, 15) is 15.0 Å². The number of benzene rings is 1. The van der Waals surface area contributed by atoms with E-state index in [0.717, 1.165) is 88.2 Å². The van der Waals surface area contributed by atoms with Crippen molar-refractivity contribution in [1.29, 1.82) is 0 Å². The number of hydrogen-bond acceptors (Lipinski definition) is 4. The highest BCUT2D eigenvalue weighted by Gasteiger charge is 2.27. The molecular weight excluding hydrogens is 488 g/mol. The van der Waals surface area contributed by atoms with Crippen LogP contribution in [0, 0.1) is 0 Å². The fourth-order valence-corrected chi connectivity index (χ4v) is 5.43. The molecule has 226 valence electrons. The Balaban J connectivity index is 3.45. The summed E-state index contributed by atoms with van der Waals surface area (Å²) in [7, 11) is 0. The molecule has 0 amide bonds. The molecule has 0 saturated heterocycles. The summed E-state index contributed by atoms with van der Waals surface area (Å²) in [6, 6.07) is 0. The Morgan fingerprint density at radius 3 is 1.41 bits per heavy atom. The van der Waals surface area contributed by atoms with Crippen molar-refractivity contribution >= 4 is 6.16 Å². The molecule has 0 unspecified atom stereocenters. The van der Waals surface area contributed by atoms with Crippen LogP contribution in [0.2, 0.25) is 0 Å². The predicted octanol–water partition coefficient (Wildman–Crippen LogP) is 10.9. The van der Waals surface area contributed by atoms with Gasteiger partial charge in [0.2, 0.25) is 5.75 Å². The molecule has 0 aliphatic rings. The lowest BCUT2D eigenvalue weighted by Gasteiger charge is -2.24. The standard InChI is InChI=1S/C34H60O5/c1-5-9-13-17-20-24-28-29(25-21-18-14-10-6-2)31(35)33(39-34(36)37)32(38-27-23-16-12-8-4)30(28)26-22-19-15-11-7-3/h35H,5-27H2,1-4H3,(H,36,37). The SMILES string of the molecule is CCCCCCCc1c(O)c(OC(=O)O)c(OCCCCCC)c(CCCCCCC)c1CCCCCCC. The third kappa shape index (κ3) is 14.3. The normalized spacial score (nSPS) is 11.2. The average molecular weight is 549 g/mol. The molecule has 0 bridgehead atoms. The second-order valence-electron chi connectivity index (χ2n) is 11.2. The maximum Gasteiger partial charge on any atom is 0.511 e. The number of hydrogen-bond donors (Lipinski definition) is 2. The van der Waals surface area contributed by atoms with Gasteiger partial charge in [-0.05, 0) is 50.5 Å². The molecule has 1 aromatic carbocycles. The van der Waals surface area contributed by atoms with Gasteiger partial charge in [0.25, 0.3) is 0 Å². The van der Waals surface area contributed by atoms with Crippen LogP contribution in [0.1, 0.15) is 166 Å². The van der Waals surface area contributed by atoms with E-state index in [2.05, 4.69) is 27.7 Å². The van der Waals surface area contributed by atoms with Crippen LogP contribution in [0.4, 0.5) is 4.79 Å². The maximum atomic E-state index is 11.7. The Bertz CT molecular complexity index is 774. The van der Waals surface area contributed by atoms with Crippen LogP contribution in [-0.2, 0) is 19.3 Å². The van der Waals surface area contributed by atoms with Crippen molar-refractivity contribution in [2.75, 3.05) is 6.61 Å². The van der Waals surface area contributed by atoms with Crippen molar-refractivity contribution < 1.29 is 24.5 Å². The molecule has 0 saturated carbocycles. The van der Waals surface area contributed by atoms with E-state index in [-0.39, 0.29) is 11.5 Å². The van der Waals surface area contributed by atoms with Crippen molar-refractivity contribution in [3.05, 3.63) is 16.7 Å². The highest BCUT2D eigenvalue weighted by atomic mass is 16.7. The van der Waals surface area contributed by atoms with Crippen molar-refractivity contribution in [2.24, 2.45) is 0 Å². The highest BCUT2D eigenvalue weighted by Crippen LogP contribution is 2.47. The third-order valence-electron chi connectivity index (χ3n) is 7.73. The molecule has 0 radical (unpaired) electrons. The van der Waals surface area contributed by atoms with Crippen LogP contribution in [-0.4, -0.2) is 23.0 Å². The lowest BCUT2D eigenvalue weighted by molar-refractivity contribution is 0.140. The van der Waals surface area contributed by atoms with Crippen molar-refractivity contribution in [1.82, 2.24) is 0 Å². The van der Waals surface area contributed by atoms with Gasteiger partial charge in [-0.25, -0.2) is 4.79 Å². The minimum absolute atomic E-state index is 0.0137. The topological polar surface area (TPSA) is 76.0 Å². The van der Waals surface area contributed by atoms with Gasteiger partial charge in [-0.2, -0.15) is 0 Å². The number of ether oxygens (including phenoxy) is 2. The van der Waals surface area contributed by atoms with Crippen molar-refractivity contribution in [2.45, 2.75) is 169 Å². The first-order valence-electron chi connectivity index (χ1n) is 16.4. The van der Waals surface area contributed by atoms with E-state index in [1.807, 2.05) is 0 Å². The van der Waals surface area contributed by atoms with Crippen LogP contribution in [0.15, 0.2) is 0 Å². The molecule has 0 aliphatic carbocycles. The van der Waals surface area contributed by atoms with E-state index < -0.39 is 6.16 Å². The number of unbranched alkanes of at least 4 members (excludes halogenated alkanes) is 15. The van der Waals surface area contributed by atoms with Crippen LogP contribution in [0.25, 0.3) is 0 Å². The minimum atomic E-state index is -1.41. The smallest absolute Gasteiger partial charge is 0.504 e. The van der Waals surface area contributed by atoms with Gasteiger partial charge >= 0.3 is 6.16 Å². The molecule has 0 atom stereocenters. The molecule has 0 fully saturated rings. The van der Waals surface area contributed by atoms with Crippen LogP contribution >= 0.6 is 0 Å². The quantitative estimate of drug-likeness (QED) is 0.0722. The molecule has 0 aliphatic heterocycles. The number of carbonyl (C=O) groups is 1. The average Bonchev–Trinajstić information content (AvgIpc) is 2.92. The van der Waals surface area contributed by atoms with Crippen LogP contribution in [0.3, 0.4) is 0 Å². The van der Waals surface area contributed by atoms with E-state index in [0.29, 0.717) is 12.4 Å². The molecule has 5 heteroatoms. The summed E-state index contributed by atoms with van der Waals surface area (Å²) in [6.45, 7) is 9.36. The first-order chi connectivity index (χ1) is 19.0. The summed E-state index contributed by atoms with van der Waals surface area (Å²) in [5, 5.41) is 21.1. The summed E-state index contributed by atoms with van der Waals surface area (Å²) in [5.74, 6) is 0.467. The molecule has 0 heterocycles. The second kappa shape index (κ2) is 22.9. The van der Waals surface area contributed by atoms with Gasteiger partial charge in [-0.3, -0.25) is 0 Å². The molecule has 1 rings (SSSR count). The lowest BCUT2D eigenvalue weighted by atomic mass is 9.88. The molecule has 0 spiro atoms. The number of aromatic hydroxyl groups is 1. The fourth-order valence-electron chi connectivity index (χ4n) is 5.43. The van der Waals surface area contributed by atoms with E-state index in [1.165, 1.54) is 69.8 Å². The second-order valence-corrected chi connectivity index (χ2v) is 11.2. The van der Waals surface area contributed by atoms with Gasteiger partial charge in [0.05, 0.1) is 6.61 Å². The summed E-state index contributed by atoms with van der Waals surface area (Å²) in [5.41, 5.74) is 3.16. The summed E-state index contributed by atoms with van der Waals surface area (Å²) >= 11 is 0. The first-order valence-corrected chi connectivity index (χ1v) is 16.4. The summed E-state index contributed by atoms with van der Waals surface area (Å²) < 4.78 is 11.6. The largest absolute Gasteiger partial charge is 0.511 e. The van der Waals surface area contributed by atoms with Gasteiger partial charge in [0, 0.05) is 11.1 Å². The zero-order valence-electron chi connectivity index (χ0n) is 25.9. The number of phenols is 1. The van der Waals surface area contributed by atoms with Gasteiger partial charge in [-0.15, -0.1) is 0 Å². The predicted molar refractivity (Wildman–Crippen MR) is 164 cm³/mol. The van der Waals surface area contributed by atoms with E-state index in [4.69, 9.17) is 9.47 Å². The fraction of sp³-hybridized carbons (Fsp3) is 0.794. The van der Waals surface area contributed by atoms with Gasteiger partial charge in [0.1, 0.15) is 0 Å². The Labute approximate surface area is 240 Å². The Kier molecular flexibility index (Phi) is 20.6. The molecular formula is C34H60O5. The van der Waals surface area contributed by atoms with Gasteiger partial charge < -0.3 is 19.7 Å². The molecule has 0 aromatic heterocycles. The Morgan fingerprint density at radius 1 is 0.538 bits per heavy atom. The Hall–Kier alpha value is -1.91. The van der Waals surface area contributed by atoms with Crippen molar-refractivity contribution in [3.8, 4) is 17.2 Å². The van der Waals surface area contributed by atoms with E-state index in [1.54, 1.807) is 0 Å². The van der Waals surface area contributed by atoms with Crippen LogP contribution < -0.4 is 9.47 Å². The lowest BCUT2D eigenvalue weighted by Crippen LogP contribution is -2.12. The molecule has 39 heavy (non-hydrogen) atoms. The molecule has 2 N–H and O–H groups in total. The number of phenolic OH excluding ortho intramolecular Hbond substituents is 1. The number of carboxylic acid groups (broad SMARTS) is 1. The van der Waals surface area contributed by atoms with Crippen molar-refractivity contribution in [3.63, 3.8) is 0 Å². The Morgan fingerprint density at radius 2 is 0.949 bits per heavy atom. The zero-order chi connectivity index (χ0) is 28.7. The van der Waals surface area contributed by atoms with Gasteiger partial charge in [-0.1, -0.05) is 124 Å². The van der Waals surface area contributed by atoms with Gasteiger partial charge in [0.15, 0.2) is 11.5 Å². The van der Waals surface area contributed by atoms with E-state index >= 15 is 0 Å². The number of rotatable bonds is 25. The molecule has 5 nitrogen and oxygen atoms in total. The highest BCUT2D eigenvalue weighted by molar-refractivity contribution is 5.70. The minimum Gasteiger partial charge on any atom is -0.504 e. The monoisotopic (exact) mass is 548 g/mol. The van der Waals surface area contributed by atoms with Crippen LogP contribution in [0.5, 0.6) is 17.2 Å².